The van der Waals surface area contributed by atoms with Crippen molar-refractivity contribution < 1.29 is 4.74 Å². The molecule has 0 aliphatic carbocycles. The monoisotopic (exact) mass is 142 g/mol. The average Bonchev–Trinajstić information content (AvgIpc) is 2.00. The van der Waals surface area contributed by atoms with Crippen molar-refractivity contribution in [2.75, 3.05) is 13.7 Å². The molecule has 0 aromatic rings. The molecule has 4 heteroatoms. The maximum Gasteiger partial charge on any atom is 0.0707 e. The van der Waals surface area contributed by atoms with Gasteiger partial charge in [0.2, 0.25) is 0 Å². The topological polar surface area (TPSA) is 58.0 Å². The molecule has 4 nitrogen and oxygen atoms in total. The van der Waals surface area contributed by atoms with Crippen molar-refractivity contribution in [1.82, 2.24) is 0 Å². The van der Waals surface area contributed by atoms with E-state index in [1.54, 1.807) is 7.11 Å². The molecule has 0 N–H and O–H groups in total. The lowest BCUT2D eigenvalue weighted by Crippen LogP contribution is -2.29. The van der Waals surface area contributed by atoms with E-state index in [-0.39, 0.29) is 0 Å². The van der Waals surface area contributed by atoms with Gasteiger partial charge >= 0.3 is 0 Å². The molecule has 0 spiro atoms. The van der Waals surface area contributed by atoms with Crippen molar-refractivity contribution >= 4 is 0 Å². The van der Waals surface area contributed by atoms with E-state index in [0.717, 1.165) is 0 Å². The van der Waals surface area contributed by atoms with E-state index < -0.39 is 5.60 Å². The summed E-state index contributed by atoms with van der Waals surface area (Å²) in [6.45, 7) is 5.87. The lowest BCUT2D eigenvalue weighted by molar-refractivity contribution is 0.0161. The van der Waals surface area contributed by atoms with Gasteiger partial charge in [0.1, 0.15) is 0 Å². The van der Waals surface area contributed by atoms with Gasteiger partial charge in [0.05, 0.1) is 12.1 Å². The molecule has 1 unspecified atom stereocenters. The van der Waals surface area contributed by atoms with Crippen LogP contribution in [0.15, 0.2) is 5.11 Å². The molecule has 0 aromatic heterocycles. The molecule has 0 saturated carbocycles. The number of hydrogen-bond donors (Lipinski definition) is 0. The molecule has 0 amide bonds. The number of methoxy groups -OCH3 is 1. The second kappa shape index (κ2) is 4.14. The summed E-state index contributed by atoms with van der Waals surface area (Å²) >= 11 is 0. The first-order chi connectivity index (χ1) is 4.68. The van der Waals surface area contributed by atoms with Crippen LogP contribution < -0.4 is 0 Å². The Kier molecular flexibility index (Phi) is 3.84. The molecule has 1 atom stereocenters. The van der Waals surface area contributed by atoms with Crippen molar-refractivity contribution in [3.8, 4) is 0 Å². The van der Waals surface area contributed by atoms with Crippen LogP contribution in [0.3, 0.4) is 0 Å². The van der Waals surface area contributed by atoms with Gasteiger partial charge in [0, 0.05) is 12.0 Å². The van der Waals surface area contributed by atoms with Gasteiger partial charge < -0.3 is 4.74 Å². The van der Waals surface area contributed by atoms with Gasteiger partial charge in [-0.15, -0.1) is 0 Å². The summed E-state index contributed by atoms with van der Waals surface area (Å²) in [5.41, 5.74) is 7.61. The van der Waals surface area contributed by atoms with Gasteiger partial charge in [-0.3, -0.25) is 0 Å². The van der Waals surface area contributed by atoms with E-state index in [0.29, 0.717) is 13.0 Å². The van der Waals surface area contributed by atoms with Gasteiger partial charge in [0.15, 0.2) is 0 Å². The fourth-order valence-corrected chi connectivity index (χ4v) is 0.427. The summed E-state index contributed by atoms with van der Waals surface area (Å²) in [6.07, 6.45) is 0.600. The molecule has 0 aromatic carbocycles. The SMILES string of the molecule is [CH2]CC(C)(CN=[N+]=[N-])OC. The smallest absolute Gasteiger partial charge is 0.0707 e. The van der Waals surface area contributed by atoms with Crippen LogP contribution in [0.1, 0.15) is 13.3 Å². The Labute approximate surface area is 60.8 Å². The number of ether oxygens (including phenoxy) is 1. The van der Waals surface area contributed by atoms with Crippen molar-refractivity contribution in [1.29, 1.82) is 0 Å². The fraction of sp³-hybridized carbons (Fsp3) is 0.833. The predicted molar refractivity (Wildman–Crippen MR) is 39.4 cm³/mol. The van der Waals surface area contributed by atoms with Crippen LogP contribution in [-0.4, -0.2) is 19.3 Å². The lowest BCUT2D eigenvalue weighted by Gasteiger charge is -2.23. The van der Waals surface area contributed by atoms with Crippen molar-refractivity contribution in [3.63, 3.8) is 0 Å². The third-order valence-corrected chi connectivity index (χ3v) is 1.49. The largest absolute Gasteiger partial charge is 0.378 e. The molecule has 1 radical (unpaired) electrons. The summed E-state index contributed by atoms with van der Waals surface area (Å²) in [5, 5.41) is 3.40. The van der Waals surface area contributed by atoms with Gasteiger partial charge in [-0.2, -0.15) is 0 Å². The van der Waals surface area contributed by atoms with Crippen LogP contribution in [-0.2, 0) is 4.74 Å². The third-order valence-electron chi connectivity index (χ3n) is 1.49. The Hall–Kier alpha value is -0.730. The molecule has 0 heterocycles. The first-order valence-corrected chi connectivity index (χ1v) is 3.04. The molecule has 0 aliphatic heterocycles. The maximum absolute atomic E-state index is 8.00. The molecule has 10 heavy (non-hydrogen) atoms. The summed E-state index contributed by atoms with van der Waals surface area (Å²) in [6, 6.07) is 0. The quantitative estimate of drug-likeness (QED) is 0.336. The minimum absolute atomic E-state index is 0.337. The van der Waals surface area contributed by atoms with Crippen LogP contribution in [0.4, 0.5) is 0 Å². The molecule has 0 fully saturated rings. The highest BCUT2D eigenvalue weighted by Crippen LogP contribution is 2.13. The van der Waals surface area contributed by atoms with E-state index in [4.69, 9.17) is 10.3 Å². The van der Waals surface area contributed by atoms with Crippen molar-refractivity contribution in [2.45, 2.75) is 18.9 Å². The average molecular weight is 142 g/mol. The van der Waals surface area contributed by atoms with Crippen molar-refractivity contribution in [2.24, 2.45) is 5.11 Å². The van der Waals surface area contributed by atoms with E-state index in [1.165, 1.54) is 0 Å². The summed E-state index contributed by atoms with van der Waals surface area (Å²) < 4.78 is 5.06. The van der Waals surface area contributed by atoms with E-state index in [9.17, 15) is 0 Å². The molecule has 57 valence electrons. The highest BCUT2D eigenvalue weighted by Gasteiger charge is 2.19. The molecule has 0 bridgehead atoms. The molecule has 0 aliphatic rings. The Morgan fingerprint density at radius 3 is 2.70 bits per heavy atom. The highest BCUT2D eigenvalue weighted by molar-refractivity contribution is 4.78. The zero-order valence-electron chi connectivity index (χ0n) is 6.37. The van der Waals surface area contributed by atoms with Crippen molar-refractivity contribution in [3.05, 3.63) is 17.4 Å². The number of azide groups is 1. The standard InChI is InChI=1S/C6H12N3O/c1-4-6(2,10-3)5-8-9-7/h1,4-5H2,2-3H3. The second-order valence-electron chi connectivity index (χ2n) is 2.29. The summed E-state index contributed by atoms with van der Waals surface area (Å²) in [5.74, 6) is 0. The third kappa shape index (κ3) is 2.71. The second-order valence-corrected chi connectivity index (χ2v) is 2.29. The number of rotatable bonds is 4. The minimum atomic E-state index is -0.397. The van der Waals surface area contributed by atoms with Gasteiger partial charge in [-0.1, -0.05) is 12.0 Å². The minimum Gasteiger partial charge on any atom is -0.378 e. The maximum atomic E-state index is 8.00. The summed E-state index contributed by atoms with van der Waals surface area (Å²) in [4.78, 5) is 2.63. The normalized spacial score (nSPS) is 15.5. The molecular formula is C6H12N3O. The first-order valence-electron chi connectivity index (χ1n) is 3.04. The fourth-order valence-electron chi connectivity index (χ4n) is 0.427. The van der Waals surface area contributed by atoms with Crippen LogP contribution in [0, 0.1) is 6.92 Å². The van der Waals surface area contributed by atoms with Gasteiger partial charge in [-0.25, -0.2) is 0 Å². The van der Waals surface area contributed by atoms with Gasteiger partial charge in [-0.05, 0) is 18.9 Å². The van der Waals surface area contributed by atoms with Crippen LogP contribution in [0.2, 0.25) is 0 Å². The van der Waals surface area contributed by atoms with E-state index in [2.05, 4.69) is 16.9 Å². The highest BCUT2D eigenvalue weighted by atomic mass is 16.5. The molecular weight excluding hydrogens is 130 g/mol. The zero-order valence-corrected chi connectivity index (χ0v) is 6.37. The Morgan fingerprint density at radius 1 is 1.80 bits per heavy atom. The van der Waals surface area contributed by atoms with Crippen LogP contribution in [0.25, 0.3) is 10.4 Å². The number of nitrogens with zero attached hydrogens (tertiary/aromatic N) is 3. The van der Waals surface area contributed by atoms with Crippen LogP contribution >= 0.6 is 0 Å². The Balaban J connectivity index is 3.92. The van der Waals surface area contributed by atoms with E-state index in [1.807, 2.05) is 6.92 Å². The predicted octanol–water partition coefficient (Wildman–Crippen LogP) is 1.93. The summed E-state index contributed by atoms with van der Waals surface area (Å²) in [7, 11) is 1.58. The Bertz CT molecular complexity index is 136. The first kappa shape index (κ1) is 9.27. The van der Waals surface area contributed by atoms with Crippen LogP contribution in [0.5, 0.6) is 0 Å². The number of hydrogen-bond acceptors (Lipinski definition) is 2. The van der Waals surface area contributed by atoms with Gasteiger partial charge in [0.25, 0.3) is 0 Å². The zero-order chi connectivity index (χ0) is 8.04. The lowest BCUT2D eigenvalue weighted by atomic mass is 10.0. The molecule has 0 rings (SSSR count). The Morgan fingerprint density at radius 2 is 2.40 bits per heavy atom. The molecule has 0 saturated heterocycles. The van der Waals surface area contributed by atoms with E-state index >= 15 is 0 Å².